The molecule has 5 nitrogen and oxygen atoms in total. The van der Waals surface area contributed by atoms with Crippen LogP contribution in [-0.4, -0.2) is 28.3 Å². The van der Waals surface area contributed by atoms with Crippen molar-refractivity contribution >= 4 is 11.6 Å². The highest BCUT2D eigenvalue weighted by Crippen LogP contribution is 2.31. The summed E-state index contributed by atoms with van der Waals surface area (Å²) in [7, 11) is 0. The van der Waals surface area contributed by atoms with Crippen molar-refractivity contribution in [2.24, 2.45) is 5.41 Å². The van der Waals surface area contributed by atoms with E-state index in [2.05, 4.69) is 43.4 Å². The van der Waals surface area contributed by atoms with Gasteiger partial charge in [0.1, 0.15) is 0 Å². The van der Waals surface area contributed by atoms with Crippen LogP contribution in [0.4, 0.5) is 5.69 Å². The fourth-order valence-corrected chi connectivity index (χ4v) is 3.20. The summed E-state index contributed by atoms with van der Waals surface area (Å²) < 4.78 is 1.96. The smallest absolute Gasteiger partial charge is 0.242 e. The highest BCUT2D eigenvalue weighted by atomic mass is 16.2. The number of aryl methyl sites for hydroxylation is 1. The summed E-state index contributed by atoms with van der Waals surface area (Å²) in [5, 5.41) is 11.0. The first-order chi connectivity index (χ1) is 9.74. The molecular weight excluding hydrogens is 264 g/mol. The zero-order chi connectivity index (χ0) is 15.8. The predicted molar refractivity (Wildman–Crippen MR) is 85.5 cm³/mol. The lowest BCUT2D eigenvalue weighted by Crippen LogP contribution is -2.53. The van der Waals surface area contributed by atoms with E-state index in [0.717, 1.165) is 36.5 Å². The molecule has 1 fully saturated rings. The lowest BCUT2D eigenvalue weighted by molar-refractivity contribution is -0.121. The predicted octanol–water partition coefficient (Wildman–Crippen LogP) is 2.80. The van der Waals surface area contributed by atoms with Crippen LogP contribution in [0.15, 0.2) is 0 Å². The summed E-state index contributed by atoms with van der Waals surface area (Å²) in [4.78, 5) is 12.7. The second kappa shape index (κ2) is 5.79. The van der Waals surface area contributed by atoms with Gasteiger partial charge in [-0.2, -0.15) is 5.10 Å². The van der Waals surface area contributed by atoms with Crippen molar-refractivity contribution in [3.63, 3.8) is 0 Å². The molecule has 1 aromatic rings. The van der Waals surface area contributed by atoms with Gasteiger partial charge >= 0.3 is 0 Å². The van der Waals surface area contributed by atoms with Crippen molar-refractivity contribution in [3.8, 4) is 0 Å². The number of hydrogen-bond donors (Lipinski definition) is 2. The Bertz CT molecular complexity index is 531. The Morgan fingerprint density at radius 2 is 2.10 bits per heavy atom. The third kappa shape index (κ3) is 3.12. The summed E-state index contributed by atoms with van der Waals surface area (Å²) in [6.45, 7) is 13.4. The molecule has 0 aromatic carbocycles. The van der Waals surface area contributed by atoms with Crippen molar-refractivity contribution in [1.82, 2.24) is 15.1 Å². The Hall–Kier alpha value is -1.36. The molecule has 0 radical (unpaired) electrons. The van der Waals surface area contributed by atoms with Crippen LogP contribution in [-0.2, 0) is 4.79 Å². The van der Waals surface area contributed by atoms with Crippen molar-refractivity contribution < 1.29 is 4.79 Å². The van der Waals surface area contributed by atoms with Gasteiger partial charge in [0.05, 0.1) is 23.1 Å². The van der Waals surface area contributed by atoms with E-state index in [9.17, 15) is 4.79 Å². The molecule has 1 aliphatic rings. The molecule has 1 atom stereocenters. The van der Waals surface area contributed by atoms with Crippen molar-refractivity contribution in [3.05, 3.63) is 11.4 Å². The molecule has 118 valence electrons. The third-order valence-electron chi connectivity index (χ3n) is 4.45. The lowest BCUT2D eigenvalue weighted by atomic mass is 9.77. The van der Waals surface area contributed by atoms with E-state index in [1.165, 1.54) is 0 Å². The molecule has 0 aliphatic carbocycles. The quantitative estimate of drug-likeness (QED) is 0.900. The molecule has 0 spiro atoms. The molecule has 1 unspecified atom stereocenters. The van der Waals surface area contributed by atoms with Gasteiger partial charge in [-0.15, -0.1) is 0 Å². The summed E-state index contributed by atoms with van der Waals surface area (Å²) in [5.74, 6) is 0.0502. The molecule has 1 amide bonds. The average molecular weight is 292 g/mol. The lowest BCUT2D eigenvalue weighted by Gasteiger charge is -2.38. The van der Waals surface area contributed by atoms with Gasteiger partial charge in [0, 0.05) is 6.04 Å². The normalized spacial score (nSPS) is 21.6. The van der Waals surface area contributed by atoms with Gasteiger partial charge in [0.2, 0.25) is 5.91 Å². The number of hydrogen-bond acceptors (Lipinski definition) is 3. The Labute approximate surface area is 127 Å². The van der Waals surface area contributed by atoms with Crippen LogP contribution in [0, 0.1) is 19.3 Å². The number of carbonyl (C=O) groups is 1. The zero-order valence-electron chi connectivity index (χ0n) is 14.1. The number of piperidine rings is 1. The topological polar surface area (TPSA) is 59.0 Å². The van der Waals surface area contributed by atoms with Gasteiger partial charge in [0.25, 0.3) is 0 Å². The van der Waals surface area contributed by atoms with Crippen LogP contribution >= 0.6 is 0 Å². The highest BCUT2D eigenvalue weighted by molar-refractivity contribution is 5.96. The fraction of sp³-hybridized carbons (Fsp3) is 0.750. The van der Waals surface area contributed by atoms with Crippen LogP contribution in [0.1, 0.15) is 58.0 Å². The van der Waals surface area contributed by atoms with Gasteiger partial charge in [-0.3, -0.25) is 9.48 Å². The summed E-state index contributed by atoms with van der Waals surface area (Å²) in [5.41, 5.74) is 2.74. The molecule has 0 bridgehead atoms. The van der Waals surface area contributed by atoms with Crippen LogP contribution in [0.2, 0.25) is 0 Å². The van der Waals surface area contributed by atoms with Gasteiger partial charge in [-0.05, 0) is 52.5 Å². The minimum atomic E-state index is -0.146. The van der Waals surface area contributed by atoms with E-state index in [1.54, 1.807) is 0 Å². The molecule has 0 saturated carbocycles. The first kappa shape index (κ1) is 16.0. The van der Waals surface area contributed by atoms with Crippen molar-refractivity contribution in [2.45, 2.75) is 66.5 Å². The number of carbonyl (C=O) groups excluding carboxylic acids is 1. The number of aromatic nitrogens is 2. The molecule has 2 N–H and O–H groups in total. The summed E-state index contributed by atoms with van der Waals surface area (Å²) in [6, 6.07) is 0.144. The first-order valence-corrected chi connectivity index (χ1v) is 7.84. The van der Waals surface area contributed by atoms with E-state index in [1.807, 2.05) is 18.5 Å². The van der Waals surface area contributed by atoms with Crippen LogP contribution in [0.5, 0.6) is 0 Å². The molecule has 1 aliphatic heterocycles. The SMILES string of the molecule is Cc1nn(C(C)C)c(C)c1NC(=O)C1NCCCC1(C)C. The standard InChI is InChI=1S/C16H28N4O/c1-10(2)20-12(4)13(11(3)19-20)18-15(21)14-16(5,6)8-7-9-17-14/h10,14,17H,7-9H2,1-6H3,(H,18,21). The molecule has 2 rings (SSSR count). The largest absolute Gasteiger partial charge is 0.322 e. The monoisotopic (exact) mass is 292 g/mol. The Morgan fingerprint density at radius 3 is 2.62 bits per heavy atom. The van der Waals surface area contributed by atoms with Gasteiger partial charge < -0.3 is 10.6 Å². The van der Waals surface area contributed by atoms with Crippen LogP contribution < -0.4 is 10.6 Å². The van der Waals surface area contributed by atoms with Crippen LogP contribution in [0.25, 0.3) is 0 Å². The highest BCUT2D eigenvalue weighted by Gasteiger charge is 2.37. The zero-order valence-corrected chi connectivity index (χ0v) is 14.1. The maximum Gasteiger partial charge on any atom is 0.242 e. The molecule has 1 saturated heterocycles. The fourth-order valence-electron chi connectivity index (χ4n) is 3.20. The number of nitrogens with zero attached hydrogens (tertiary/aromatic N) is 2. The van der Waals surface area contributed by atoms with E-state index in [4.69, 9.17) is 0 Å². The molecular formula is C16H28N4O. The third-order valence-corrected chi connectivity index (χ3v) is 4.45. The van der Waals surface area contributed by atoms with Crippen molar-refractivity contribution in [2.75, 3.05) is 11.9 Å². The second-order valence-corrected chi connectivity index (χ2v) is 7.05. The maximum atomic E-state index is 12.7. The minimum Gasteiger partial charge on any atom is -0.322 e. The van der Waals surface area contributed by atoms with Crippen LogP contribution in [0.3, 0.4) is 0 Å². The van der Waals surface area contributed by atoms with E-state index in [0.29, 0.717) is 6.04 Å². The summed E-state index contributed by atoms with van der Waals surface area (Å²) >= 11 is 0. The Kier molecular flexibility index (Phi) is 4.42. The molecule has 21 heavy (non-hydrogen) atoms. The summed E-state index contributed by atoms with van der Waals surface area (Å²) in [6.07, 6.45) is 2.20. The van der Waals surface area contributed by atoms with Crippen molar-refractivity contribution in [1.29, 1.82) is 0 Å². The first-order valence-electron chi connectivity index (χ1n) is 7.84. The number of amides is 1. The van der Waals surface area contributed by atoms with E-state index < -0.39 is 0 Å². The molecule has 1 aromatic heterocycles. The Morgan fingerprint density at radius 1 is 1.43 bits per heavy atom. The van der Waals surface area contributed by atoms with Gasteiger partial charge in [-0.1, -0.05) is 13.8 Å². The second-order valence-electron chi connectivity index (χ2n) is 7.05. The number of nitrogens with one attached hydrogen (secondary N) is 2. The van der Waals surface area contributed by atoms with E-state index in [-0.39, 0.29) is 17.4 Å². The van der Waals surface area contributed by atoms with Gasteiger partial charge in [-0.25, -0.2) is 0 Å². The Balaban J connectivity index is 2.20. The van der Waals surface area contributed by atoms with Gasteiger partial charge in [0.15, 0.2) is 0 Å². The number of anilines is 1. The average Bonchev–Trinajstić information content (AvgIpc) is 2.66. The molecule has 5 heteroatoms. The maximum absolute atomic E-state index is 12.7. The minimum absolute atomic E-state index is 0.0157. The van der Waals surface area contributed by atoms with E-state index >= 15 is 0 Å². The molecule has 2 heterocycles. The number of rotatable bonds is 3.